The first kappa shape index (κ1) is 39.0. The molecule has 4 heterocycles. The Morgan fingerprint density at radius 2 is 1.11 bits per heavy atom. The highest BCUT2D eigenvalue weighted by atomic mass is 35.5. The Morgan fingerprint density at radius 1 is 0.643 bits per heavy atom. The number of hydrogen-bond acceptors (Lipinski definition) is 6. The summed E-state index contributed by atoms with van der Waals surface area (Å²) in [6, 6.07) is 30.6. The Kier molecular flexibility index (Phi) is 12.3. The lowest BCUT2D eigenvalue weighted by molar-refractivity contribution is -0.191. The zero-order valence-electron chi connectivity index (χ0n) is 32.2. The number of ether oxygens (including phenoxy) is 1. The third-order valence-corrected chi connectivity index (χ3v) is 12.2. The lowest BCUT2D eigenvalue weighted by atomic mass is 9.81. The molecule has 0 radical (unpaired) electrons. The smallest absolute Gasteiger partial charge is 0.373 e. The highest BCUT2D eigenvalue weighted by molar-refractivity contribution is 5.97. The van der Waals surface area contributed by atoms with Crippen molar-refractivity contribution < 1.29 is 19.1 Å². The van der Waals surface area contributed by atoms with Gasteiger partial charge in [0.25, 0.3) is 6.47 Å². The molecule has 0 bridgehead atoms. The SMILES string of the molecule is Cc1ccc2c(C3CCCCC3)c3n(c2c1)CCNc1ccccc1-3.Cl.O=C=O.O=COc1ccc2c(C3CCCCC3)c3n(c2c1)CCNc1ccccc1-3. The van der Waals surface area contributed by atoms with Crippen LogP contribution < -0.4 is 15.4 Å². The molecule has 6 aromatic rings. The summed E-state index contributed by atoms with van der Waals surface area (Å²) >= 11 is 0. The van der Waals surface area contributed by atoms with E-state index in [9.17, 15) is 4.79 Å². The highest BCUT2D eigenvalue weighted by Crippen LogP contribution is 2.48. The van der Waals surface area contributed by atoms with Gasteiger partial charge in [0.15, 0.2) is 0 Å². The summed E-state index contributed by atoms with van der Waals surface area (Å²) in [5.74, 6) is 1.92. The van der Waals surface area contributed by atoms with Gasteiger partial charge in [0, 0.05) is 71.0 Å². The number of nitrogens with one attached hydrogen (secondary N) is 2. The second-order valence-corrected chi connectivity index (χ2v) is 15.4. The molecule has 4 aliphatic rings. The van der Waals surface area contributed by atoms with Crippen molar-refractivity contribution in [2.45, 2.75) is 96.1 Å². The third-order valence-electron chi connectivity index (χ3n) is 12.2. The first-order valence-corrected chi connectivity index (χ1v) is 20.2. The number of aromatic nitrogens is 2. The Bertz CT molecular complexity index is 2360. The molecule has 2 aromatic heterocycles. The Hall–Kier alpha value is -5.30. The minimum absolute atomic E-state index is 0. The van der Waals surface area contributed by atoms with E-state index in [2.05, 4.69) is 99.5 Å². The number of carbonyl (C=O) groups is 1. The molecule has 2 aliphatic carbocycles. The molecule has 2 fully saturated rings. The van der Waals surface area contributed by atoms with Gasteiger partial charge in [-0.1, -0.05) is 87.1 Å². The fraction of sp³-hybridized carbons (Fsp3) is 0.362. The predicted octanol–water partition coefficient (Wildman–Crippen LogP) is 11.2. The van der Waals surface area contributed by atoms with E-state index in [-0.39, 0.29) is 18.6 Å². The first-order valence-electron chi connectivity index (χ1n) is 20.2. The van der Waals surface area contributed by atoms with Crippen molar-refractivity contribution >= 4 is 58.2 Å². The summed E-state index contributed by atoms with van der Waals surface area (Å²) < 4.78 is 10.2. The monoisotopic (exact) mass is 770 g/mol. The second-order valence-electron chi connectivity index (χ2n) is 15.4. The average molecular weight is 771 g/mol. The average Bonchev–Trinajstić information content (AvgIpc) is 3.53. The van der Waals surface area contributed by atoms with Crippen molar-refractivity contribution in [1.29, 1.82) is 0 Å². The van der Waals surface area contributed by atoms with Gasteiger partial charge in [-0.3, -0.25) is 4.79 Å². The van der Waals surface area contributed by atoms with Crippen molar-refractivity contribution in [3.8, 4) is 28.3 Å². The zero-order valence-corrected chi connectivity index (χ0v) is 33.0. The predicted molar refractivity (Wildman–Crippen MR) is 227 cm³/mol. The number of para-hydroxylation sites is 2. The van der Waals surface area contributed by atoms with Crippen LogP contribution in [0.15, 0.2) is 84.9 Å². The summed E-state index contributed by atoms with van der Waals surface area (Å²) in [7, 11) is 0. The molecule has 2 saturated carbocycles. The Labute approximate surface area is 335 Å². The number of nitrogens with zero attached hydrogens (tertiary/aromatic N) is 2. The molecule has 2 N–H and O–H groups in total. The van der Waals surface area contributed by atoms with Crippen molar-refractivity contribution in [1.82, 2.24) is 9.13 Å². The number of benzene rings is 4. The molecule has 0 saturated heterocycles. The maximum atomic E-state index is 10.8. The minimum Gasteiger partial charge on any atom is -0.429 e. The van der Waals surface area contributed by atoms with Crippen LogP contribution in [0.5, 0.6) is 5.75 Å². The van der Waals surface area contributed by atoms with E-state index in [0.717, 1.165) is 26.2 Å². The number of carbonyl (C=O) groups excluding carboxylic acids is 3. The van der Waals surface area contributed by atoms with E-state index in [4.69, 9.17) is 14.3 Å². The summed E-state index contributed by atoms with van der Waals surface area (Å²) in [5.41, 5.74) is 15.0. The van der Waals surface area contributed by atoms with Gasteiger partial charge >= 0.3 is 6.15 Å². The molecule has 9 heteroatoms. The van der Waals surface area contributed by atoms with Gasteiger partial charge in [-0.25, -0.2) is 0 Å². The van der Waals surface area contributed by atoms with E-state index in [1.807, 2.05) is 12.1 Å². The zero-order chi connectivity index (χ0) is 37.7. The number of anilines is 2. The van der Waals surface area contributed by atoms with Crippen LogP contribution in [0.25, 0.3) is 44.3 Å². The van der Waals surface area contributed by atoms with Gasteiger partial charge in [0.05, 0.1) is 16.9 Å². The van der Waals surface area contributed by atoms with Gasteiger partial charge in [-0.05, 0) is 91.5 Å². The molecule has 10 rings (SSSR count). The standard InChI is InChI=1S/C23H24N2O2.C23H26N2.CO2.ClH/c26-15-27-17-10-11-19-21(14-17)25-13-12-24-20-9-5-4-8-18(20)23(25)22(19)16-6-2-1-3-7-16;1-16-11-12-19-21(15-16)25-14-13-24-20-10-6-5-9-18(20)23(25)22(19)17-7-3-2-4-8-17;2-1-3;/h4-5,8-11,14-16,24H,1-3,6-7,12-13H2;5-6,9-12,15,17,24H,2-4,7-8,13-14H2,1H3;;1H. The Morgan fingerprint density at radius 3 is 1.61 bits per heavy atom. The fourth-order valence-electron chi connectivity index (χ4n) is 9.92. The Balaban J connectivity index is 0.000000158. The van der Waals surface area contributed by atoms with Crippen LogP contribution >= 0.6 is 12.4 Å². The lowest BCUT2D eigenvalue weighted by Gasteiger charge is -2.23. The molecule has 4 aromatic carbocycles. The van der Waals surface area contributed by atoms with Crippen LogP contribution in [0.3, 0.4) is 0 Å². The van der Waals surface area contributed by atoms with Crippen molar-refractivity contribution in [3.05, 3.63) is 102 Å². The van der Waals surface area contributed by atoms with E-state index in [1.165, 1.54) is 131 Å². The maximum Gasteiger partial charge on any atom is 0.373 e. The van der Waals surface area contributed by atoms with Gasteiger partial charge in [-0.2, -0.15) is 9.59 Å². The van der Waals surface area contributed by atoms with Crippen molar-refractivity contribution in [3.63, 3.8) is 0 Å². The lowest BCUT2D eigenvalue weighted by Crippen LogP contribution is -2.08. The van der Waals surface area contributed by atoms with Crippen LogP contribution in [-0.2, 0) is 27.5 Å². The molecule has 290 valence electrons. The number of rotatable bonds is 4. The van der Waals surface area contributed by atoms with Crippen molar-refractivity contribution in [2.24, 2.45) is 0 Å². The van der Waals surface area contributed by atoms with E-state index >= 15 is 0 Å². The number of hydrogen-bond donors (Lipinski definition) is 2. The third kappa shape index (κ3) is 7.48. The normalized spacial score (nSPS) is 16.2. The summed E-state index contributed by atoms with van der Waals surface area (Å²) in [6.07, 6.45) is 13.6. The summed E-state index contributed by atoms with van der Waals surface area (Å²) in [5, 5.41) is 10.0. The van der Waals surface area contributed by atoms with Gasteiger partial charge < -0.3 is 24.5 Å². The summed E-state index contributed by atoms with van der Waals surface area (Å²) in [4.78, 5) is 27.1. The highest BCUT2D eigenvalue weighted by Gasteiger charge is 2.30. The van der Waals surface area contributed by atoms with Gasteiger partial charge in [0.2, 0.25) is 0 Å². The molecule has 0 spiro atoms. The number of aryl methyl sites for hydroxylation is 1. The maximum absolute atomic E-state index is 10.8. The topological polar surface area (TPSA) is 94.4 Å². The van der Waals surface area contributed by atoms with E-state index in [1.54, 1.807) is 5.56 Å². The molecule has 0 amide bonds. The van der Waals surface area contributed by atoms with Gasteiger partial charge in [-0.15, -0.1) is 12.4 Å². The molecule has 56 heavy (non-hydrogen) atoms. The molecule has 2 aliphatic heterocycles. The second kappa shape index (κ2) is 17.7. The van der Waals surface area contributed by atoms with Gasteiger partial charge in [0.1, 0.15) is 5.75 Å². The van der Waals surface area contributed by atoms with Crippen LogP contribution in [0, 0.1) is 6.92 Å². The quantitative estimate of drug-likeness (QED) is 0.173. The van der Waals surface area contributed by atoms with E-state index < -0.39 is 0 Å². The molecular weight excluding hydrogens is 720 g/mol. The van der Waals surface area contributed by atoms with E-state index in [0.29, 0.717) is 24.1 Å². The number of fused-ring (bicyclic) bond motifs is 10. The van der Waals surface area contributed by atoms with Crippen LogP contribution in [0.4, 0.5) is 11.4 Å². The van der Waals surface area contributed by atoms with Crippen LogP contribution in [0.2, 0.25) is 0 Å². The molecule has 8 nitrogen and oxygen atoms in total. The molecule has 0 unspecified atom stereocenters. The fourth-order valence-corrected chi connectivity index (χ4v) is 9.92. The molecule has 0 atom stereocenters. The molecular formula is C47H51ClN4O4. The van der Waals surface area contributed by atoms with Crippen LogP contribution in [-0.4, -0.2) is 34.8 Å². The minimum atomic E-state index is 0. The largest absolute Gasteiger partial charge is 0.429 e. The number of halogens is 1. The van der Waals surface area contributed by atoms with Crippen LogP contribution in [0.1, 0.15) is 92.7 Å². The first-order chi connectivity index (χ1) is 27.1. The van der Waals surface area contributed by atoms with Crippen molar-refractivity contribution in [2.75, 3.05) is 23.7 Å². The summed E-state index contributed by atoms with van der Waals surface area (Å²) in [6.45, 7) is 6.53.